The summed E-state index contributed by atoms with van der Waals surface area (Å²) in [5.41, 5.74) is 0. The van der Waals surface area contributed by atoms with Crippen LogP contribution in [-0.4, -0.2) is 18.6 Å². The predicted molar refractivity (Wildman–Crippen MR) is 88.5 cm³/mol. The number of amides is 1. The zero-order valence-electron chi connectivity index (χ0n) is 12.6. The van der Waals surface area contributed by atoms with Crippen molar-refractivity contribution < 1.29 is 9.53 Å². The van der Waals surface area contributed by atoms with E-state index in [4.69, 9.17) is 27.9 Å². The zero-order valence-corrected chi connectivity index (χ0v) is 14.2. The van der Waals surface area contributed by atoms with Crippen molar-refractivity contribution in [3.8, 4) is 5.75 Å². The second-order valence-electron chi connectivity index (χ2n) is 6.54. The minimum Gasteiger partial charge on any atom is -0.482 e. The lowest BCUT2D eigenvalue weighted by Crippen LogP contribution is -2.42. The predicted octanol–water partition coefficient (Wildman–Crippen LogP) is 4.31. The van der Waals surface area contributed by atoms with Crippen LogP contribution in [0.4, 0.5) is 0 Å². The third-order valence-electron chi connectivity index (χ3n) is 5.10. The molecule has 0 radical (unpaired) electrons. The molecule has 0 spiro atoms. The first-order chi connectivity index (χ1) is 10.5. The van der Waals surface area contributed by atoms with Crippen molar-refractivity contribution in [1.29, 1.82) is 0 Å². The van der Waals surface area contributed by atoms with Gasteiger partial charge in [0.15, 0.2) is 6.61 Å². The van der Waals surface area contributed by atoms with E-state index in [9.17, 15) is 4.79 Å². The van der Waals surface area contributed by atoms with Gasteiger partial charge in [0.25, 0.3) is 5.91 Å². The van der Waals surface area contributed by atoms with E-state index in [1.165, 1.54) is 25.7 Å². The summed E-state index contributed by atoms with van der Waals surface area (Å²) >= 11 is 12.0. The first kappa shape index (κ1) is 15.9. The van der Waals surface area contributed by atoms with Crippen molar-refractivity contribution in [1.82, 2.24) is 5.32 Å². The third-order valence-corrected chi connectivity index (χ3v) is 5.90. The maximum absolute atomic E-state index is 12.1. The summed E-state index contributed by atoms with van der Waals surface area (Å²) in [7, 11) is 0. The van der Waals surface area contributed by atoms with Gasteiger partial charge in [-0.2, -0.15) is 0 Å². The van der Waals surface area contributed by atoms with E-state index in [1.807, 2.05) is 0 Å². The number of hydrogen-bond acceptors (Lipinski definition) is 2. The lowest BCUT2D eigenvalue weighted by Gasteiger charge is -2.28. The lowest BCUT2D eigenvalue weighted by molar-refractivity contribution is -0.124. The van der Waals surface area contributed by atoms with Crippen LogP contribution in [0.15, 0.2) is 18.2 Å². The normalized spacial score (nSPS) is 27.7. The summed E-state index contributed by atoms with van der Waals surface area (Å²) in [5, 5.41) is 3.84. The molecule has 0 saturated heterocycles. The van der Waals surface area contributed by atoms with E-state index in [-0.39, 0.29) is 18.6 Å². The SMILES string of the molecule is CC(NC(=O)COc1cccc(Cl)c1Cl)C1CC2CCC1C2. The maximum atomic E-state index is 12.1. The van der Waals surface area contributed by atoms with E-state index < -0.39 is 0 Å². The molecule has 2 aliphatic carbocycles. The first-order valence-electron chi connectivity index (χ1n) is 7.90. The van der Waals surface area contributed by atoms with Crippen LogP contribution in [0, 0.1) is 17.8 Å². The number of hydrogen-bond donors (Lipinski definition) is 1. The fourth-order valence-electron chi connectivity index (χ4n) is 4.05. The largest absolute Gasteiger partial charge is 0.482 e. The smallest absolute Gasteiger partial charge is 0.258 e. The van der Waals surface area contributed by atoms with Gasteiger partial charge in [0.2, 0.25) is 0 Å². The van der Waals surface area contributed by atoms with Gasteiger partial charge >= 0.3 is 0 Å². The van der Waals surface area contributed by atoms with Crippen LogP contribution in [0.1, 0.15) is 32.6 Å². The molecule has 4 atom stereocenters. The topological polar surface area (TPSA) is 38.3 Å². The number of carbonyl (C=O) groups excluding carboxylic acids is 1. The molecule has 2 fully saturated rings. The van der Waals surface area contributed by atoms with Crippen molar-refractivity contribution in [3.63, 3.8) is 0 Å². The third kappa shape index (κ3) is 3.36. The maximum Gasteiger partial charge on any atom is 0.258 e. The highest BCUT2D eigenvalue weighted by atomic mass is 35.5. The summed E-state index contributed by atoms with van der Waals surface area (Å²) in [6.45, 7) is 2.07. The average molecular weight is 342 g/mol. The summed E-state index contributed by atoms with van der Waals surface area (Å²) in [5.74, 6) is 2.64. The number of carbonyl (C=O) groups is 1. The Morgan fingerprint density at radius 3 is 2.86 bits per heavy atom. The highest BCUT2D eigenvalue weighted by Gasteiger charge is 2.42. The van der Waals surface area contributed by atoms with E-state index >= 15 is 0 Å². The Balaban J connectivity index is 1.49. The second-order valence-corrected chi connectivity index (χ2v) is 7.32. The summed E-state index contributed by atoms with van der Waals surface area (Å²) < 4.78 is 5.48. The standard InChI is InChI=1S/C17H21Cl2NO2/c1-10(13-8-11-5-6-12(13)7-11)20-16(21)9-22-15-4-2-3-14(18)17(15)19/h2-4,10-13H,5-9H2,1H3,(H,20,21). The summed E-state index contributed by atoms with van der Waals surface area (Å²) in [6.07, 6.45) is 5.30. The van der Waals surface area contributed by atoms with Crippen LogP contribution in [0.3, 0.4) is 0 Å². The second kappa shape index (κ2) is 6.67. The number of ether oxygens (including phenoxy) is 1. The van der Waals surface area contributed by atoms with Crippen LogP contribution in [0.5, 0.6) is 5.75 Å². The molecule has 4 unspecified atom stereocenters. The fraction of sp³-hybridized carbons (Fsp3) is 0.588. The molecule has 0 aliphatic heterocycles. The summed E-state index contributed by atoms with van der Waals surface area (Å²) in [4.78, 5) is 12.1. The van der Waals surface area contributed by atoms with Crippen LogP contribution in [0.2, 0.25) is 10.0 Å². The number of fused-ring (bicyclic) bond motifs is 2. The minimum absolute atomic E-state index is 0.0365. The number of halogens is 2. The fourth-order valence-corrected chi connectivity index (χ4v) is 4.39. The Morgan fingerprint density at radius 2 is 2.18 bits per heavy atom. The first-order valence-corrected chi connectivity index (χ1v) is 8.66. The van der Waals surface area contributed by atoms with Gasteiger partial charge in [0.1, 0.15) is 10.8 Å². The van der Waals surface area contributed by atoms with Crippen LogP contribution in [0.25, 0.3) is 0 Å². The van der Waals surface area contributed by atoms with Crippen LogP contribution < -0.4 is 10.1 Å². The molecule has 120 valence electrons. The molecule has 2 aliphatic rings. The van der Waals surface area contributed by atoms with Gasteiger partial charge in [0, 0.05) is 6.04 Å². The molecule has 2 saturated carbocycles. The Morgan fingerprint density at radius 1 is 1.36 bits per heavy atom. The molecule has 1 N–H and O–H groups in total. The van der Waals surface area contributed by atoms with Gasteiger partial charge in [-0.15, -0.1) is 0 Å². The van der Waals surface area contributed by atoms with Gasteiger partial charge in [-0.05, 0) is 56.1 Å². The molecule has 2 bridgehead atoms. The van der Waals surface area contributed by atoms with Gasteiger partial charge in [-0.1, -0.05) is 35.7 Å². The Labute approximate surface area is 141 Å². The minimum atomic E-state index is -0.105. The van der Waals surface area contributed by atoms with Crippen molar-refractivity contribution in [2.45, 2.75) is 38.6 Å². The van der Waals surface area contributed by atoms with Gasteiger partial charge in [0.05, 0.1) is 5.02 Å². The molecular weight excluding hydrogens is 321 g/mol. The van der Waals surface area contributed by atoms with E-state index in [0.29, 0.717) is 21.7 Å². The highest BCUT2D eigenvalue weighted by molar-refractivity contribution is 6.42. The average Bonchev–Trinajstić information content (AvgIpc) is 3.11. The molecule has 5 heteroatoms. The van der Waals surface area contributed by atoms with E-state index in [2.05, 4.69) is 12.2 Å². The van der Waals surface area contributed by atoms with Crippen molar-refractivity contribution in [2.24, 2.45) is 17.8 Å². The molecule has 3 nitrogen and oxygen atoms in total. The highest BCUT2D eigenvalue weighted by Crippen LogP contribution is 2.49. The number of rotatable bonds is 5. The lowest BCUT2D eigenvalue weighted by atomic mass is 9.84. The Bertz CT molecular complexity index is 564. The van der Waals surface area contributed by atoms with E-state index in [1.54, 1.807) is 18.2 Å². The number of nitrogens with one attached hydrogen (secondary N) is 1. The Kier molecular flexibility index (Phi) is 4.84. The monoisotopic (exact) mass is 341 g/mol. The molecule has 1 amide bonds. The van der Waals surface area contributed by atoms with Crippen molar-refractivity contribution in [2.75, 3.05) is 6.61 Å². The summed E-state index contributed by atoms with van der Waals surface area (Å²) in [6, 6.07) is 5.36. The van der Waals surface area contributed by atoms with Gasteiger partial charge in [-0.25, -0.2) is 0 Å². The quantitative estimate of drug-likeness (QED) is 0.866. The molecule has 3 rings (SSSR count). The van der Waals surface area contributed by atoms with Gasteiger partial charge < -0.3 is 10.1 Å². The van der Waals surface area contributed by atoms with Crippen molar-refractivity contribution in [3.05, 3.63) is 28.2 Å². The molecule has 0 heterocycles. The Hall–Kier alpha value is -0.930. The molecule has 1 aromatic carbocycles. The van der Waals surface area contributed by atoms with E-state index in [0.717, 1.165) is 11.8 Å². The molecule has 22 heavy (non-hydrogen) atoms. The van der Waals surface area contributed by atoms with Crippen molar-refractivity contribution >= 4 is 29.1 Å². The number of benzene rings is 1. The molecule has 1 aromatic rings. The van der Waals surface area contributed by atoms with Crippen LogP contribution >= 0.6 is 23.2 Å². The molecule has 0 aromatic heterocycles. The zero-order chi connectivity index (χ0) is 15.7. The van der Waals surface area contributed by atoms with Gasteiger partial charge in [-0.3, -0.25) is 4.79 Å². The molecular formula is C17H21Cl2NO2. The van der Waals surface area contributed by atoms with Crippen LogP contribution in [-0.2, 0) is 4.79 Å².